The monoisotopic (exact) mass is 461 g/mol. The number of benzene rings is 2. The van der Waals surface area contributed by atoms with Crippen LogP contribution in [0.2, 0.25) is 10.0 Å². The molecule has 0 amide bonds. The van der Waals surface area contributed by atoms with Crippen LogP contribution in [0.25, 0.3) is 11.4 Å². The summed E-state index contributed by atoms with van der Waals surface area (Å²) < 4.78 is 19.3. The minimum atomic E-state index is -0.176. The second kappa shape index (κ2) is 9.68. The average molecular weight is 462 g/mol. The van der Waals surface area contributed by atoms with Crippen molar-refractivity contribution in [2.75, 3.05) is 14.1 Å². The smallest absolute Gasteiger partial charge is 0.227 e. The highest BCUT2D eigenvalue weighted by atomic mass is 35.5. The maximum Gasteiger partial charge on any atom is 0.227 e. The Bertz CT molecular complexity index is 1030. The molecule has 1 heterocycles. The first-order valence-electron chi connectivity index (χ1n) is 10.6. The van der Waals surface area contributed by atoms with Gasteiger partial charge in [0.25, 0.3) is 0 Å². The molecule has 4 rings (SSSR count). The molecule has 31 heavy (non-hydrogen) atoms. The first-order valence-corrected chi connectivity index (χ1v) is 11.4. The van der Waals surface area contributed by atoms with E-state index < -0.39 is 0 Å². The van der Waals surface area contributed by atoms with Gasteiger partial charge >= 0.3 is 0 Å². The minimum absolute atomic E-state index is 0.176. The van der Waals surface area contributed by atoms with Crippen molar-refractivity contribution >= 4 is 23.2 Å². The van der Waals surface area contributed by atoms with Gasteiger partial charge in [-0.05, 0) is 81.4 Å². The number of hydrogen-bond acceptors (Lipinski definition) is 4. The molecule has 1 fully saturated rings. The number of halogens is 3. The van der Waals surface area contributed by atoms with E-state index in [4.69, 9.17) is 27.7 Å². The van der Waals surface area contributed by atoms with Gasteiger partial charge in [-0.1, -0.05) is 46.6 Å². The quantitative estimate of drug-likeness (QED) is 0.403. The van der Waals surface area contributed by atoms with Gasteiger partial charge in [-0.3, -0.25) is 0 Å². The molecule has 1 unspecified atom stereocenters. The molecular weight excluding hydrogens is 436 g/mol. The van der Waals surface area contributed by atoms with Crippen molar-refractivity contribution in [3.8, 4) is 11.4 Å². The van der Waals surface area contributed by atoms with Crippen LogP contribution in [0.5, 0.6) is 0 Å². The zero-order chi connectivity index (χ0) is 22.0. The molecule has 0 radical (unpaired) electrons. The van der Waals surface area contributed by atoms with Crippen LogP contribution in [-0.4, -0.2) is 29.1 Å². The van der Waals surface area contributed by atoms with Crippen LogP contribution >= 0.6 is 23.2 Å². The van der Waals surface area contributed by atoms with Gasteiger partial charge in [0.2, 0.25) is 11.7 Å². The molecule has 0 N–H and O–H groups in total. The summed E-state index contributed by atoms with van der Waals surface area (Å²) in [7, 11) is 4.14. The second-order valence-electron chi connectivity index (χ2n) is 8.56. The van der Waals surface area contributed by atoms with E-state index in [9.17, 15) is 4.39 Å². The van der Waals surface area contributed by atoms with Crippen molar-refractivity contribution in [1.29, 1.82) is 0 Å². The van der Waals surface area contributed by atoms with E-state index in [2.05, 4.69) is 29.1 Å². The fourth-order valence-electron chi connectivity index (χ4n) is 4.76. The lowest BCUT2D eigenvalue weighted by Gasteiger charge is -2.37. The fourth-order valence-corrected chi connectivity index (χ4v) is 5.15. The number of aromatic nitrogens is 2. The van der Waals surface area contributed by atoms with Gasteiger partial charge in [-0.25, -0.2) is 4.39 Å². The molecule has 164 valence electrons. The van der Waals surface area contributed by atoms with Gasteiger partial charge in [0.1, 0.15) is 5.82 Å². The Morgan fingerprint density at radius 1 is 1.10 bits per heavy atom. The molecule has 4 nitrogen and oxygen atoms in total. The van der Waals surface area contributed by atoms with Crippen LogP contribution < -0.4 is 0 Å². The second-order valence-corrected chi connectivity index (χ2v) is 9.35. The lowest BCUT2D eigenvalue weighted by atomic mass is 9.75. The van der Waals surface area contributed by atoms with Crippen LogP contribution in [-0.2, 0) is 6.42 Å². The molecule has 3 aromatic rings. The third kappa shape index (κ3) is 5.11. The maximum atomic E-state index is 13.8. The molecular formula is C24H26Cl2FN3O. The van der Waals surface area contributed by atoms with E-state index in [0.717, 1.165) is 37.7 Å². The van der Waals surface area contributed by atoms with E-state index in [0.29, 0.717) is 39.2 Å². The van der Waals surface area contributed by atoms with E-state index in [-0.39, 0.29) is 11.9 Å². The van der Waals surface area contributed by atoms with E-state index in [1.54, 1.807) is 18.2 Å². The van der Waals surface area contributed by atoms with E-state index in [1.807, 2.05) is 18.2 Å². The normalized spacial score (nSPS) is 20.2. The largest absolute Gasteiger partial charge is 0.339 e. The summed E-state index contributed by atoms with van der Waals surface area (Å²) in [4.78, 5) is 6.75. The van der Waals surface area contributed by atoms with Crippen LogP contribution in [0.4, 0.5) is 4.39 Å². The average Bonchev–Trinajstić information content (AvgIpc) is 3.19. The van der Waals surface area contributed by atoms with Gasteiger partial charge in [0, 0.05) is 18.0 Å². The zero-order valence-corrected chi connectivity index (χ0v) is 19.2. The third-order valence-corrected chi connectivity index (χ3v) is 7.03. The molecule has 2 aromatic carbocycles. The van der Waals surface area contributed by atoms with Crippen LogP contribution in [0.1, 0.15) is 43.2 Å². The number of hydrogen-bond donors (Lipinski definition) is 0. The van der Waals surface area contributed by atoms with Crippen molar-refractivity contribution in [2.45, 2.75) is 38.1 Å². The highest BCUT2D eigenvalue weighted by molar-refractivity contribution is 6.43. The Balaban J connectivity index is 1.39. The molecule has 1 aliphatic carbocycles. The molecule has 1 saturated carbocycles. The third-order valence-electron chi connectivity index (χ3n) is 6.21. The van der Waals surface area contributed by atoms with Gasteiger partial charge in [-0.15, -0.1) is 0 Å². The van der Waals surface area contributed by atoms with Crippen LogP contribution in [0.15, 0.2) is 47.0 Å². The summed E-state index contributed by atoms with van der Waals surface area (Å²) in [5.74, 6) is 1.91. The highest BCUT2D eigenvalue weighted by Crippen LogP contribution is 2.40. The Morgan fingerprint density at radius 2 is 1.84 bits per heavy atom. The summed E-state index contributed by atoms with van der Waals surface area (Å²) >= 11 is 12.4. The van der Waals surface area contributed by atoms with Crippen LogP contribution in [0.3, 0.4) is 0 Å². The molecule has 0 spiro atoms. The number of nitrogens with zero attached hydrogens (tertiary/aromatic N) is 3. The van der Waals surface area contributed by atoms with Crippen molar-refractivity contribution in [3.05, 3.63) is 69.8 Å². The highest BCUT2D eigenvalue weighted by Gasteiger charge is 2.31. The van der Waals surface area contributed by atoms with E-state index in [1.165, 1.54) is 6.07 Å². The Morgan fingerprint density at radius 3 is 2.55 bits per heavy atom. The maximum absolute atomic E-state index is 13.8. The predicted molar refractivity (Wildman–Crippen MR) is 122 cm³/mol. The van der Waals surface area contributed by atoms with Crippen LogP contribution in [0, 0.1) is 17.7 Å². The van der Waals surface area contributed by atoms with Crippen molar-refractivity contribution in [2.24, 2.45) is 11.8 Å². The zero-order valence-electron chi connectivity index (χ0n) is 17.7. The Kier molecular flexibility index (Phi) is 6.95. The summed E-state index contributed by atoms with van der Waals surface area (Å²) in [6.07, 6.45) is 5.10. The lowest BCUT2D eigenvalue weighted by molar-refractivity contribution is 0.145. The number of rotatable bonds is 6. The van der Waals surface area contributed by atoms with Gasteiger partial charge < -0.3 is 9.42 Å². The van der Waals surface area contributed by atoms with Crippen molar-refractivity contribution < 1.29 is 8.91 Å². The van der Waals surface area contributed by atoms with Crippen molar-refractivity contribution in [1.82, 2.24) is 15.0 Å². The summed E-state index contributed by atoms with van der Waals surface area (Å²) in [6, 6.07) is 12.6. The van der Waals surface area contributed by atoms with Gasteiger partial charge in [0.15, 0.2) is 0 Å². The fraction of sp³-hybridized carbons (Fsp3) is 0.417. The summed E-state index contributed by atoms with van der Waals surface area (Å²) in [5, 5.41) is 5.00. The first kappa shape index (κ1) is 22.3. The van der Waals surface area contributed by atoms with Gasteiger partial charge in [-0.2, -0.15) is 4.98 Å². The lowest BCUT2D eigenvalue weighted by Crippen LogP contribution is -2.30. The molecule has 1 aliphatic rings. The topological polar surface area (TPSA) is 42.2 Å². The molecule has 7 heteroatoms. The van der Waals surface area contributed by atoms with E-state index >= 15 is 0 Å². The molecule has 0 saturated heterocycles. The summed E-state index contributed by atoms with van der Waals surface area (Å²) in [6.45, 7) is 0. The SMILES string of the molecule is CN(C)C(c1cccc(F)c1)C1CCC(Cc2nc(-c3cccc(Cl)c3Cl)no2)CC1. The minimum Gasteiger partial charge on any atom is -0.339 e. The molecule has 0 aliphatic heterocycles. The van der Waals surface area contributed by atoms with Gasteiger partial charge in [0.05, 0.1) is 10.0 Å². The summed E-state index contributed by atoms with van der Waals surface area (Å²) in [5.41, 5.74) is 1.73. The molecule has 0 bridgehead atoms. The standard InChI is InChI=1S/C24H26Cl2FN3O/c1-30(2)23(17-5-3-6-18(27)14-17)16-11-9-15(10-12-16)13-21-28-24(29-31-21)19-7-4-8-20(25)22(19)26/h3-8,14-16,23H,9-13H2,1-2H3. The predicted octanol–water partition coefficient (Wildman–Crippen LogP) is 6.83. The molecule has 1 atom stereocenters. The van der Waals surface area contributed by atoms with Crippen molar-refractivity contribution in [3.63, 3.8) is 0 Å². The Hall–Kier alpha value is -1.95. The Labute approximate surface area is 192 Å². The first-order chi connectivity index (χ1) is 14.9. The molecule has 1 aromatic heterocycles.